The predicted octanol–water partition coefficient (Wildman–Crippen LogP) is 3.64. The van der Waals surface area contributed by atoms with Gasteiger partial charge in [-0.25, -0.2) is 0 Å². The molecule has 1 aliphatic rings. The number of hydrogen-bond acceptors (Lipinski definition) is 2. The van der Waals surface area contributed by atoms with Crippen LogP contribution in [0.3, 0.4) is 0 Å². The van der Waals surface area contributed by atoms with Crippen molar-refractivity contribution in [3.8, 4) is 0 Å². The van der Waals surface area contributed by atoms with Crippen molar-refractivity contribution in [1.82, 2.24) is 4.90 Å². The minimum absolute atomic E-state index is 0.250. The van der Waals surface area contributed by atoms with Gasteiger partial charge in [0.25, 0.3) is 0 Å². The molecule has 1 fully saturated rings. The maximum atomic E-state index is 12.6. The smallest absolute Gasteiger partial charge is 0.223 e. The van der Waals surface area contributed by atoms with Crippen LogP contribution in [0.15, 0.2) is 24.3 Å². The Kier molecular flexibility index (Phi) is 5.63. The van der Waals surface area contributed by atoms with E-state index >= 15 is 0 Å². The van der Waals surface area contributed by atoms with E-state index < -0.39 is 0 Å². The zero-order chi connectivity index (χ0) is 16.3. The van der Waals surface area contributed by atoms with E-state index in [1.807, 2.05) is 4.90 Å². The van der Waals surface area contributed by atoms with E-state index in [1.165, 1.54) is 11.1 Å². The molecule has 0 radical (unpaired) electrons. The number of carbonyl (C=O) groups is 1. The summed E-state index contributed by atoms with van der Waals surface area (Å²) in [7, 11) is 0. The summed E-state index contributed by atoms with van der Waals surface area (Å²) >= 11 is 0. The van der Waals surface area contributed by atoms with Gasteiger partial charge in [-0.2, -0.15) is 0 Å². The molecule has 1 aromatic rings. The molecule has 122 valence electrons. The zero-order valence-corrected chi connectivity index (χ0v) is 14.4. The number of piperidine rings is 1. The van der Waals surface area contributed by atoms with E-state index in [0.29, 0.717) is 12.3 Å². The number of nitrogens with two attached hydrogens (primary N) is 1. The van der Waals surface area contributed by atoms with Crippen LogP contribution in [-0.2, 0) is 4.79 Å². The van der Waals surface area contributed by atoms with Gasteiger partial charge >= 0.3 is 0 Å². The molecule has 22 heavy (non-hydrogen) atoms. The Hall–Kier alpha value is -1.35. The second-order valence-corrected chi connectivity index (χ2v) is 7.15. The summed E-state index contributed by atoms with van der Waals surface area (Å²) in [5, 5.41) is 0. The molecular weight excluding hydrogens is 272 g/mol. The maximum Gasteiger partial charge on any atom is 0.223 e. The van der Waals surface area contributed by atoms with Crippen LogP contribution in [0.2, 0.25) is 0 Å². The standard InChI is InChI=1S/C19H30N2O/c1-13(2)16-5-7-17(8-6-16)14(3)11-19(22)21-10-9-18(20)12-15(21)4/h5-8,13-15,18H,9-12,20H2,1-4H3/t14-,15-,18+/m1/s1. The summed E-state index contributed by atoms with van der Waals surface area (Å²) in [5.74, 6) is 1.07. The van der Waals surface area contributed by atoms with Crippen LogP contribution in [0.4, 0.5) is 0 Å². The SMILES string of the molecule is CC(C)c1ccc([C@H](C)CC(=O)N2CC[C@H](N)C[C@H]2C)cc1. The topological polar surface area (TPSA) is 46.3 Å². The van der Waals surface area contributed by atoms with Crippen LogP contribution in [0, 0.1) is 0 Å². The molecule has 3 atom stereocenters. The van der Waals surface area contributed by atoms with E-state index in [4.69, 9.17) is 5.73 Å². The number of hydrogen-bond donors (Lipinski definition) is 1. The fourth-order valence-corrected chi connectivity index (χ4v) is 3.29. The van der Waals surface area contributed by atoms with Crippen molar-refractivity contribution in [3.05, 3.63) is 35.4 Å². The van der Waals surface area contributed by atoms with Gasteiger partial charge in [-0.3, -0.25) is 4.79 Å². The van der Waals surface area contributed by atoms with Gasteiger partial charge in [-0.05, 0) is 42.7 Å². The van der Waals surface area contributed by atoms with Crippen LogP contribution >= 0.6 is 0 Å². The largest absolute Gasteiger partial charge is 0.340 e. The Morgan fingerprint density at radius 2 is 1.82 bits per heavy atom. The van der Waals surface area contributed by atoms with Gasteiger partial charge in [0.1, 0.15) is 0 Å². The molecule has 2 rings (SSSR count). The molecule has 2 N–H and O–H groups in total. The number of likely N-dealkylation sites (tertiary alicyclic amines) is 1. The third kappa shape index (κ3) is 4.10. The van der Waals surface area contributed by atoms with Gasteiger partial charge in [-0.1, -0.05) is 45.0 Å². The predicted molar refractivity (Wildman–Crippen MR) is 91.9 cm³/mol. The number of nitrogens with zero attached hydrogens (tertiary/aromatic N) is 1. The van der Waals surface area contributed by atoms with E-state index in [9.17, 15) is 4.79 Å². The normalized spacial score (nSPS) is 23.6. The molecule has 0 unspecified atom stereocenters. The maximum absolute atomic E-state index is 12.6. The van der Waals surface area contributed by atoms with Gasteiger partial charge in [0, 0.05) is 25.0 Å². The van der Waals surface area contributed by atoms with Gasteiger partial charge < -0.3 is 10.6 Å². The van der Waals surface area contributed by atoms with Crippen LogP contribution in [-0.4, -0.2) is 29.4 Å². The Morgan fingerprint density at radius 1 is 1.23 bits per heavy atom. The molecule has 1 saturated heterocycles. The lowest BCUT2D eigenvalue weighted by molar-refractivity contribution is -0.134. The monoisotopic (exact) mass is 302 g/mol. The van der Waals surface area contributed by atoms with Crippen LogP contribution in [0.5, 0.6) is 0 Å². The third-order valence-electron chi connectivity index (χ3n) is 4.89. The average molecular weight is 302 g/mol. The highest BCUT2D eigenvalue weighted by Gasteiger charge is 2.27. The number of benzene rings is 1. The van der Waals surface area contributed by atoms with Crippen molar-refractivity contribution in [2.24, 2.45) is 5.73 Å². The summed E-state index contributed by atoms with van der Waals surface area (Å²) in [6.45, 7) is 9.46. The molecule has 0 aromatic heterocycles. The van der Waals surface area contributed by atoms with Crippen molar-refractivity contribution in [3.63, 3.8) is 0 Å². The Morgan fingerprint density at radius 3 is 2.36 bits per heavy atom. The van der Waals surface area contributed by atoms with E-state index in [-0.39, 0.29) is 23.9 Å². The first-order chi connectivity index (χ1) is 10.4. The summed E-state index contributed by atoms with van der Waals surface area (Å²) in [5.41, 5.74) is 8.58. The zero-order valence-electron chi connectivity index (χ0n) is 14.4. The molecule has 3 heteroatoms. The lowest BCUT2D eigenvalue weighted by Gasteiger charge is -2.37. The van der Waals surface area contributed by atoms with Gasteiger partial charge in [0.2, 0.25) is 5.91 Å². The fraction of sp³-hybridized carbons (Fsp3) is 0.632. The van der Waals surface area contributed by atoms with Crippen LogP contribution < -0.4 is 5.73 Å². The summed E-state index contributed by atoms with van der Waals surface area (Å²) in [4.78, 5) is 14.6. The lowest BCUT2D eigenvalue weighted by atomic mass is 9.92. The van der Waals surface area contributed by atoms with Gasteiger partial charge in [0.15, 0.2) is 0 Å². The van der Waals surface area contributed by atoms with Gasteiger partial charge in [0.05, 0.1) is 0 Å². The highest BCUT2D eigenvalue weighted by Crippen LogP contribution is 2.25. The molecule has 1 aliphatic heterocycles. The van der Waals surface area contributed by atoms with Crippen molar-refractivity contribution in [1.29, 1.82) is 0 Å². The summed E-state index contributed by atoms with van der Waals surface area (Å²) < 4.78 is 0. The lowest BCUT2D eigenvalue weighted by Crippen LogP contribution is -2.48. The fourth-order valence-electron chi connectivity index (χ4n) is 3.29. The molecule has 1 heterocycles. The quantitative estimate of drug-likeness (QED) is 0.923. The Bertz CT molecular complexity index is 495. The molecule has 1 amide bonds. The van der Waals surface area contributed by atoms with E-state index in [1.54, 1.807) is 0 Å². The minimum Gasteiger partial charge on any atom is -0.340 e. The van der Waals surface area contributed by atoms with Crippen molar-refractivity contribution >= 4 is 5.91 Å². The Labute approximate surface area is 134 Å². The third-order valence-corrected chi connectivity index (χ3v) is 4.89. The van der Waals surface area contributed by atoms with E-state index in [2.05, 4.69) is 52.0 Å². The average Bonchev–Trinajstić information content (AvgIpc) is 2.47. The molecule has 0 bridgehead atoms. The molecular formula is C19H30N2O. The number of rotatable bonds is 4. The van der Waals surface area contributed by atoms with Crippen LogP contribution in [0.1, 0.15) is 69.9 Å². The van der Waals surface area contributed by atoms with Gasteiger partial charge in [-0.15, -0.1) is 0 Å². The van der Waals surface area contributed by atoms with Crippen LogP contribution in [0.25, 0.3) is 0 Å². The highest BCUT2D eigenvalue weighted by molar-refractivity contribution is 5.77. The summed E-state index contributed by atoms with van der Waals surface area (Å²) in [6.07, 6.45) is 2.43. The first kappa shape index (κ1) is 17.0. The Balaban J connectivity index is 1.96. The molecule has 1 aromatic carbocycles. The molecule has 0 saturated carbocycles. The van der Waals surface area contributed by atoms with E-state index in [0.717, 1.165) is 19.4 Å². The number of carbonyl (C=O) groups excluding carboxylic acids is 1. The highest BCUT2D eigenvalue weighted by atomic mass is 16.2. The van der Waals surface area contributed by atoms with Crippen molar-refractivity contribution < 1.29 is 4.79 Å². The second-order valence-electron chi connectivity index (χ2n) is 7.15. The first-order valence-corrected chi connectivity index (χ1v) is 8.53. The number of amides is 1. The molecule has 3 nitrogen and oxygen atoms in total. The minimum atomic E-state index is 0.250. The first-order valence-electron chi connectivity index (χ1n) is 8.53. The molecule has 0 aliphatic carbocycles. The van der Waals surface area contributed by atoms with Crippen molar-refractivity contribution in [2.45, 2.75) is 70.9 Å². The second kappa shape index (κ2) is 7.28. The summed E-state index contributed by atoms with van der Waals surface area (Å²) in [6, 6.07) is 9.23. The van der Waals surface area contributed by atoms with Crippen molar-refractivity contribution in [2.75, 3.05) is 6.54 Å². The molecule has 0 spiro atoms.